The van der Waals surface area contributed by atoms with Gasteiger partial charge in [-0.1, -0.05) is 64.7 Å². The van der Waals surface area contributed by atoms with Gasteiger partial charge in [-0.05, 0) is 55.0 Å². The molecule has 0 heterocycles. The zero-order valence-corrected chi connectivity index (χ0v) is 17.8. The first-order chi connectivity index (χ1) is 14.3. The average molecular weight is 394 g/mol. The molecule has 2 aromatic carbocycles. The van der Waals surface area contributed by atoms with Gasteiger partial charge >= 0.3 is 0 Å². The van der Waals surface area contributed by atoms with Crippen molar-refractivity contribution in [2.75, 3.05) is 11.4 Å². The minimum Gasteiger partial charge on any atom is -0.341 e. The van der Waals surface area contributed by atoms with E-state index in [-0.39, 0.29) is 0 Å². The topological polar surface area (TPSA) is 37.4 Å². The van der Waals surface area contributed by atoms with Crippen molar-refractivity contribution in [1.29, 1.82) is 0 Å². The molecule has 0 spiro atoms. The van der Waals surface area contributed by atoms with Crippen LogP contribution >= 0.6 is 0 Å². The van der Waals surface area contributed by atoms with Crippen LogP contribution in [0.3, 0.4) is 0 Å². The zero-order chi connectivity index (χ0) is 20.7. The van der Waals surface area contributed by atoms with Gasteiger partial charge in [0.15, 0.2) is 0 Å². The first-order valence-corrected chi connectivity index (χ1v) is 11.2. The van der Waals surface area contributed by atoms with Gasteiger partial charge in [-0.15, -0.1) is 0 Å². The van der Waals surface area contributed by atoms with Crippen LogP contribution in [0.25, 0.3) is 0 Å². The first kappa shape index (κ1) is 22.9. The van der Waals surface area contributed by atoms with E-state index >= 15 is 0 Å². The highest BCUT2D eigenvalue weighted by molar-refractivity contribution is 5.78. The molecule has 0 aliphatic carbocycles. The van der Waals surface area contributed by atoms with Gasteiger partial charge in [-0.25, -0.2) is 0 Å². The molecule has 0 fully saturated rings. The highest BCUT2D eigenvalue weighted by Gasteiger charge is 2.09. The Balaban J connectivity index is 1.85. The van der Waals surface area contributed by atoms with E-state index in [1.54, 1.807) is 0 Å². The van der Waals surface area contributed by atoms with Crippen molar-refractivity contribution in [2.45, 2.75) is 71.1 Å². The zero-order valence-electron chi connectivity index (χ0n) is 17.8. The molecule has 0 atom stereocenters. The molecule has 0 aliphatic rings. The minimum absolute atomic E-state index is 0.684. The largest absolute Gasteiger partial charge is 0.341 e. The van der Waals surface area contributed by atoms with E-state index in [4.69, 9.17) is 0 Å². The van der Waals surface area contributed by atoms with Crippen molar-refractivity contribution in [3.63, 3.8) is 0 Å². The number of hydrogen-bond acceptors (Lipinski definition) is 3. The summed E-state index contributed by atoms with van der Waals surface area (Å²) in [5.41, 5.74) is 3.52. The summed E-state index contributed by atoms with van der Waals surface area (Å²) in [6, 6.07) is 15.4. The third-order valence-corrected chi connectivity index (χ3v) is 5.42. The molecule has 0 amide bonds. The smallest absolute Gasteiger partial charge is 0.150 e. The summed E-state index contributed by atoms with van der Waals surface area (Å²) >= 11 is 0. The van der Waals surface area contributed by atoms with Gasteiger partial charge in [0.05, 0.1) is 0 Å². The Morgan fingerprint density at radius 1 is 0.586 bits per heavy atom. The summed E-state index contributed by atoms with van der Waals surface area (Å²) in [6.07, 6.45) is 14.9. The van der Waals surface area contributed by atoms with Crippen LogP contribution in [0.2, 0.25) is 0 Å². The van der Waals surface area contributed by atoms with Gasteiger partial charge in [-0.3, -0.25) is 9.59 Å². The number of anilines is 2. The lowest BCUT2D eigenvalue weighted by molar-refractivity contribution is 0.111. The predicted octanol–water partition coefficient (Wildman–Crippen LogP) is 7.37. The number of carbonyl (C=O) groups excluding carboxylic acids is 2. The molecule has 0 saturated heterocycles. The predicted molar refractivity (Wildman–Crippen MR) is 123 cm³/mol. The van der Waals surface area contributed by atoms with E-state index in [9.17, 15) is 9.59 Å². The summed E-state index contributed by atoms with van der Waals surface area (Å²) in [5.74, 6) is 0. The summed E-state index contributed by atoms with van der Waals surface area (Å²) < 4.78 is 0. The fraction of sp³-hybridized carbons (Fsp3) is 0.462. The molecule has 2 rings (SSSR count). The number of rotatable bonds is 15. The van der Waals surface area contributed by atoms with Gasteiger partial charge < -0.3 is 4.90 Å². The maximum absolute atomic E-state index is 11.0. The number of carbonyl (C=O) groups is 2. The van der Waals surface area contributed by atoms with Gasteiger partial charge in [0.2, 0.25) is 0 Å². The fourth-order valence-electron chi connectivity index (χ4n) is 3.63. The number of hydrogen-bond donors (Lipinski definition) is 0. The van der Waals surface area contributed by atoms with Gasteiger partial charge in [-0.2, -0.15) is 0 Å². The van der Waals surface area contributed by atoms with Crippen LogP contribution in [-0.2, 0) is 0 Å². The summed E-state index contributed by atoms with van der Waals surface area (Å²) in [6.45, 7) is 3.19. The third kappa shape index (κ3) is 8.23. The van der Waals surface area contributed by atoms with E-state index in [0.29, 0.717) is 11.1 Å². The van der Waals surface area contributed by atoms with E-state index in [0.717, 1.165) is 36.9 Å². The van der Waals surface area contributed by atoms with E-state index in [1.165, 1.54) is 57.8 Å². The molecule has 0 bridgehead atoms. The van der Waals surface area contributed by atoms with Crippen molar-refractivity contribution in [2.24, 2.45) is 0 Å². The van der Waals surface area contributed by atoms with Crippen molar-refractivity contribution in [1.82, 2.24) is 0 Å². The molecule has 0 radical (unpaired) electrons. The van der Waals surface area contributed by atoms with Crippen LogP contribution in [0.15, 0.2) is 48.5 Å². The second-order valence-corrected chi connectivity index (χ2v) is 7.75. The maximum atomic E-state index is 11.0. The van der Waals surface area contributed by atoms with Crippen molar-refractivity contribution < 1.29 is 9.59 Å². The normalized spacial score (nSPS) is 10.7. The Labute approximate surface area is 176 Å². The van der Waals surface area contributed by atoms with Crippen LogP contribution in [-0.4, -0.2) is 19.1 Å². The molecule has 0 aliphatic heterocycles. The number of nitrogens with zero attached hydrogens (tertiary/aromatic N) is 1. The van der Waals surface area contributed by atoms with Crippen LogP contribution in [0.5, 0.6) is 0 Å². The highest BCUT2D eigenvalue weighted by Crippen LogP contribution is 2.26. The molecular weight excluding hydrogens is 358 g/mol. The SMILES string of the molecule is CCCCCCCCCCCCN(c1ccc(C=O)cc1)c1ccc(C=O)cc1. The van der Waals surface area contributed by atoms with Crippen LogP contribution in [0.4, 0.5) is 11.4 Å². The lowest BCUT2D eigenvalue weighted by atomic mass is 10.1. The number of unbranched alkanes of at least 4 members (excludes halogenated alkanes) is 9. The van der Waals surface area contributed by atoms with Gasteiger partial charge in [0.1, 0.15) is 12.6 Å². The molecule has 0 aromatic heterocycles. The first-order valence-electron chi connectivity index (χ1n) is 11.2. The molecule has 0 N–H and O–H groups in total. The lowest BCUT2D eigenvalue weighted by Crippen LogP contribution is -2.18. The van der Waals surface area contributed by atoms with Gasteiger partial charge in [0.25, 0.3) is 0 Å². The van der Waals surface area contributed by atoms with Crippen molar-refractivity contribution >= 4 is 23.9 Å². The molecular formula is C26H35NO2. The third-order valence-electron chi connectivity index (χ3n) is 5.42. The molecule has 3 heteroatoms. The lowest BCUT2D eigenvalue weighted by Gasteiger charge is -2.25. The number of aldehydes is 2. The minimum atomic E-state index is 0.684. The Kier molecular flexibility index (Phi) is 10.8. The van der Waals surface area contributed by atoms with Crippen molar-refractivity contribution in [3.8, 4) is 0 Å². The van der Waals surface area contributed by atoms with Crippen LogP contribution < -0.4 is 4.90 Å². The molecule has 0 saturated carbocycles. The monoisotopic (exact) mass is 393 g/mol. The molecule has 29 heavy (non-hydrogen) atoms. The summed E-state index contributed by atoms with van der Waals surface area (Å²) in [7, 11) is 0. The summed E-state index contributed by atoms with van der Waals surface area (Å²) in [5, 5.41) is 0. The molecule has 0 unspecified atom stereocenters. The average Bonchev–Trinajstić information content (AvgIpc) is 2.78. The Bertz CT molecular complexity index is 655. The van der Waals surface area contributed by atoms with E-state index < -0.39 is 0 Å². The van der Waals surface area contributed by atoms with Crippen LogP contribution in [0, 0.1) is 0 Å². The maximum Gasteiger partial charge on any atom is 0.150 e. The Morgan fingerprint density at radius 2 is 0.966 bits per heavy atom. The van der Waals surface area contributed by atoms with E-state index in [1.807, 2.05) is 48.5 Å². The fourth-order valence-corrected chi connectivity index (χ4v) is 3.63. The molecule has 2 aromatic rings. The van der Waals surface area contributed by atoms with Crippen molar-refractivity contribution in [3.05, 3.63) is 59.7 Å². The summed E-state index contributed by atoms with van der Waals surface area (Å²) in [4.78, 5) is 24.2. The Hall–Kier alpha value is -2.42. The molecule has 156 valence electrons. The highest BCUT2D eigenvalue weighted by atomic mass is 16.1. The second kappa shape index (κ2) is 13.7. The second-order valence-electron chi connectivity index (χ2n) is 7.75. The van der Waals surface area contributed by atoms with E-state index in [2.05, 4.69) is 11.8 Å². The molecule has 3 nitrogen and oxygen atoms in total. The standard InChI is InChI=1S/C26H35NO2/c1-2-3-4-5-6-7-8-9-10-11-20-27(25-16-12-23(21-28)13-17-25)26-18-14-24(22-29)15-19-26/h12-19,21-22H,2-11,20H2,1H3. The Morgan fingerprint density at radius 3 is 1.34 bits per heavy atom. The number of benzene rings is 2. The quantitative estimate of drug-likeness (QED) is 0.234. The van der Waals surface area contributed by atoms with Gasteiger partial charge in [0, 0.05) is 29.0 Å². The van der Waals surface area contributed by atoms with Crippen LogP contribution in [0.1, 0.15) is 91.8 Å².